The minimum atomic E-state index is -0.161. The summed E-state index contributed by atoms with van der Waals surface area (Å²) in [6, 6.07) is 30.0. The lowest BCUT2D eigenvalue weighted by molar-refractivity contribution is 0.542. The van der Waals surface area contributed by atoms with E-state index in [4.69, 9.17) is 9.97 Å². The smallest absolute Gasteiger partial charge is 0.148 e. The highest BCUT2D eigenvalue weighted by Crippen LogP contribution is 2.37. The molecule has 0 amide bonds. The Bertz CT molecular complexity index is 1710. The Balaban J connectivity index is 1.73. The van der Waals surface area contributed by atoms with Crippen molar-refractivity contribution in [3.05, 3.63) is 102 Å². The van der Waals surface area contributed by atoms with E-state index in [1.54, 1.807) is 0 Å². The predicted octanol–water partition coefficient (Wildman–Crippen LogP) is 8.28. The average Bonchev–Trinajstić information content (AvgIpc) is 3.22. The molecule has 0 saturated heterocycles. The van der Waals surface area contributed by atoms with Crippen LogP contribution in [0.25, 0.3) is 49.8 Å². The van der Waals surface area contributed by atoms with Gasteiger partial charge in [0.25, 0.3) is 0 Å². The van der Waals surface area contributed by atoms with Crippen molar-refractivity contribution in [2.24, 2.45) is 0 Å². The molecule has 0 radical (unpaired) electrons. The number of fused-ring (bicyclic) bond motifs is 5. The first kappa shape index (κ1) is 21.5. The molecule has 0 N–H and O–H groups in total. The summed E-state index contributed by atoms with van der Waals surface area (Å²) in [5.41, 5.74) is 11.2. The van der Waals surface area contributed by atoms with Crippen LogP contribution in [-0.2, 0) is 5.41 Å². The third-order valence-electron chi connectivity index (χ3n) is 6.89. The van der Waals surface area contributed by atoms with E-state index in [2.05, 4.69) is 118 Å². The third kappa shape index (κ3) is 3.42. The minimum absolute atomic E-state index is 0.161. The van der Waals surface area contributed by atoms with Crippen molar-refractivity contribution in [2.45, 2.75) is 40.0 Å². The van der Waals surface area contributed by atoms with Gasteiger partial charge in [-0.05, 0) is 59.9 Å². The van der Waals surface area contributed by atoms with Crippen molar-refractivity contribution in [1.29, 1.82) is 0 Å². The van der Waals surface area contributed by atoms with E-state index in [-0.39, 0.29) is 5.41 Å². The molecule has 0 fully saturated rings. The molecule has 35 heavy (non-hydrogen) atoms. The Morgan fingerprint density at radius 3 is 2.11 bits per heavy atom. The van der Waals surface area contributed by atoms with Gasteiger partial charge in [0.15, 0.2) is 0 Å². The molecule has 0 spiro atoms. The van der Waals surface area contributed by atoms with Crippen molar-refractivity contribution in [3.8, 4) is 22.3 Å². The summed E-state index contributed by atoms with van der Waals surface area (Å²) in [5, 5.41) is 1.08. The predicted molar refractivity (Wildman–Crippen MR) is 147 cm³/mol. The number of imidazole rings is 1. The average molecular weight is 456 g/mol. The van der Waals surface area contributed by atoms with Crippen molar-refractivity contribution in [1.82, 2.24) is 14.4 Å². The SMILES string of the molecule is Cc1cccc(C)c1-c1cccc2c1nc(C(C)(C)C)n1c3ccc(-c4ccccc4)cc3nc21. The van der Waals surface area contributed by atoms with E-state index < -0.39 is 0 Å². The molecule has 3 nitrogen and oxygen atoms in total. The monoisotopic (exact) mass is 455 g/mol. The van der Waals surface area contributed by atoms with Gasteiger partial charge in [-0.2, -0.15) is 0 Å². The summed E-state index contributed by atoms with van der Waals surface area (Å²) < 4.78 is 2.26. The molecular formula is C32H29N3. The maximum Gasteiger partial charge on any atom is 0.148 e. The van der Waals surface area contributed by atoms with Crippen LogP contribution in [0.3, 0.4) is 0 Å². The summed E-state index contributed by atoms with van der Waals surface area (Å²) in [4.78, 5) is 10.6. The molecule has 0 unspecified atom stereocenters. The fourth-order valence-corrected chi connectivity index (χ4v) is 5.23. The van der Waals surface area contributed by atoms with Gasteiger partial charge in [0.05, 0.1) is 16.6 Å². The van der Waals surface area contributed by atoms with Crippen LogP contribution < -0.4 is 0 Å². The molecule has 6 aromatic rings. The Morgan fingerprint density at radius 1 is 0.686 bits per heavy atom. The molecule has 2 heterocycles. The van der Waals surface area contributed by atoms with E-state index in [9.17, 15) is 0 Å². The molecule has 4 aromatic carbocycles. The van der Waals surface area contributed by atoms with Crippen LogP contribution in [0.15, 0.2) is 84.9 Å². The number of nitrogens with zero attached hydrogens (tertiary/aromatic N) is 3. The molecule has 0 atom stereocenters. The summed E-state index contributed by atoms with van der Waals surface area (Å²) in [7, 11) is 0. The number of aromatic nitrogens is 3. The van der Waals surface area contributed by atoms with E-state index in [1.165, 1.54) is 33.4 Å². The summed E-state index contributed by atoms with van der Waals surface area (Å²) >= 11 is 0. The van der Waals surface area contributed by atoms with E-state index in [0.717, 1.165) is 33.4 Å². The van der Waals surface area contributed by atoms with Crippen molar-refractivity contribution in [2.75, 3.05) is 0 Å². The van der Waals surface area contributed by atoms with E-state index in [0.29, 0.717) is 0 Å². The number of benzene rings is 4. The zero-order valence-electron chi connectivity index (χ0n) is 20.9. The number of para-hydroxylation sites is 1. The first-order chi connectivity index (χ1) is 16.8. The third-order valence-corrected chi connectivity index (χ3v) is 6.89. The maximum atomic E-state index is 5.36. The Labute approximate surface area is 206 Å². The molecule has 3 heteroatoms. The number of aryl methyl sites for hydroxylation is 2. The molecule has 0 aliphatic rings. The largest absolute Gasteiger partial charge is 0.279 e. The van der Waals surface area contributed by atoms with Crippen LogP contribution in [0.4, 0.5) is 0 Å². The first-order valence-corrected chi connectivity index (χ1v) is 12.2. The standard InChI is InChI=1S/C32H29N3/c1-20-11-9-12-21(2)28(20)24-15-10-16-25-29(24)34-31(32(3,4)5)35-27-18-17-23(19-26(27)33-30(25)35)22-13-7-6-8-14-22/h6-19H,1-5H3. The van der Waals surface area contributed by atoms with Crippen molar-refractivity contribution < 1.29 is 0 Å². The van der Waals surface area contributed by atoms with Gasteiger partial charge in [-0.15, -0.1) is 0 Å². The molecule has 2 aromatic heterocycles. The zero-order valence-corrected chi connectivity index (χ0v) is 20.9. The zero-order chi connectivity index (χ0) is 24.3. The van der Waals surface area contributed by atoms with Gasteiger partial charge in [-0.3, -0.25) is 4.40 Å². The number of hydrogen-bond acceptors (Lipinski definition) is 2. The lowest BCUT2D eigenvalue weighted by Crippen LogP contribution is -2.19. The van der Waals surface area contributed by atoms with E-state index in [1.807, 2.05) is 6.07 Å². The molecule has 0 aliphatic heterocycles. The van der Waals surface area contributed by atoms with Crippen LogP contribution in [0.2, 0.25) is 0 Å². The van der Waals surface area contributed by atoms with Crippen LogP contribution in [0.1, 0.15) is 37.7 Å². The second-order valence-corrected chi connectivity index (χ2v) is 10.5. The molecule has 172 valence electrons. The molecule has 0 aliphatic carbocycles. The molecular weight excluding hydrogens is 426 g/mol. The van der Waals surface area contributed by atoms with Crippen molar-refractivity contribution >= 4 is 27.6 Å². The fourth-order valence-electron chi connectivity index (χ4n) is 5.23. The van der Waals surface area contributed by atoms with Crippen LogP contribution in [0, 0.1) is 13.8 Å². The van der Waals surface area contributed by atoms with Gasteiger partial charge in [0, 0.05) is 16.4 Å². The molecule has 0 bridgehead atoms. The highest BCUT2D eigenvalue weighted by molar-refractivity contribution is 6.04. The Hall–Kier alpha value is -3.98. The van der Waals surface area contributed by atoms with Crippen LogP contribution >= 0.6 is 0 Å². The molecule has 6 rings (SSSR count). The minimum Gasteiger partial charge on any atom is -0.279 e. The Kier molecular flexibility index (Phi) is 4.79. The Morgan fingerprint density at radius 2 is 1.40 bits per heavy atom. The maximum absolute atomic E-state index is 5.36. The van der Waals surface area contributed by atoms with Gasteiger partial charge in [-0.25, -0.2) is 9.97 Å². The topological polar surface area (TPSA) is 30.2 Å². The van der Waals surface area contributed by atoms with Gasteiger partial charge >= 0.3 is 0 Å². The van der Waals surface area contributed by atoms with Gasteiger partial charge < -0.3 is 0 Å². The van der Waals surface area contributed by atoms with Crippen molar-refractivity contribution in [3.63, 3.8) is 0 Å². The van der Waals surface area contributed by atoms with Crippen LogP contribution in [0.5, 0.6) is 0 Å². The second kappa shape index (κ2) is 7.78. The quantitative estimate of drug-likeness (QED) is 0.263. The van der Waals surface area contributed by atoms with E-state index >= 15 is 0 Å². The van der Waals surface area contributed by atoms with Gasteiger partial charge in [-0.1, -0.05) is 87.5 Å². The highest BCUT2D eigenvalue weighted by atomic mass is 15.1. The van der Waals surface area contributed by atoms with Gasteiger partial charge in [0.2, 0.25) is 0 Å². The van der Waals surface area contributed by atoms with Crippen LogP contribution in [-0.4, -0.2) is 14.4 Å². The highest BCUT2D eigenvalue weighted by Gasteiger charge is 2.25. The first-order valence-electron chi connectivity index (χ1n) is 12.2. The lowest BCUT2D eigenvalue weighted by atomic mass is 9.92. The number of hydrogen-bond donors (Lipinski definition) is 0. The number of rotatable bonds is 2. The molecule has 0 saturated carbocycles. The summed E-state index contributed by atoms with van der Waals surface area (Å²) in [6.07, 6.45) is 0. The summed E-state index contributed by atoms with van der Waals surface area (Å²) in [6.45, 7) is 11.0. The second-order valence-electron chi connectivity index (χ2n) is 10.5. The van der Waals surface area contributed by atoms with Gasteiger partial charge in [0.1, 0.15) is 11.5 Å². The lowest BCUT2D eigenvalue weighted by Gasteiger charge is -2.22. The normalized spacial score (nSPS) is 12.1. The fraction of sp³-hybridized carbons (Fsp3) is 0.188. The summed E-state index contributed by atoms with van der Waals surface area (Å²) in [5.74, 6) is 1.02.